The van der Waals surface area contributed by atoms with Gasteiger partial charge in [0.25, 0.3) is 0 Å². The minimum absolute atomic E-state index is 0.179. The van der Waals surface area contributed by atoms with Gasteiger partial charge in [-0.05, 0) is 37.0 Å². The summed E-state index contributed by atoms with van der Waals surface area (Å²) in [7, 11) is -3.14. The Labute approximate surface area is 111 Å². The summed E-state index contributed by atoms with van der Waals surface area (Å²) < 4.78 is 26.3. The summed E-state index contributed by atoms with van der Waals surface area (Å²) in [5, 5.41) is 9.29. The summed E-state index contributed by atoms with van der Waals surface area (Å²) in [5.74, 6) is 1.19. The van der Waals surface area contributed by atoms with Crippen LogP contribution in [0, 0.1) is 17.8 Å². The standard InChI is InChI=1S/C13H27NO3S/c1-11(2)7-8-18(16,17)14-9-12-5-3-4-6-13(12)10-15/h11-15H,3-10H2,1-2H3. The smallest absolute Gasteiger partial charge is 0.211 e. The van der Waals surface area contributed by atoms with Gasteiger partial charge >= 0.3 is 0 Å². The maximum Gasteiger partial charge on any atom is 0.211 e. The summed E-state index contributed by atoms with van der Waals surface area (Å²) in [4.78, 5) is 0. The van der Waals surface area contributed by atoms with Crippen molar-refractivity contribution in [2.45, 2.75) is 46.0 Å². The molecule has 1 saturated carbocycles. The average molecular weight is 277 g/mol. The first-order chi connectivity index (χ1) is 8.44. The van der Waals surface area contributed by atoms with E-state index in [2.05, 4.69) is 4.72 Å². The fraction of sp³-hybridized carbons (Fsp3) is 1.00. The van der Waals surface area contributed by atoms with Crippen LogP contribution in [0.15, 0.2) is 0 Å². The van der Waals surface area contributed by atoms with Crippen molar-refractivity contribution in [3.8, 4) is 0 Å². The Balaban J connectivity index is 2.38. The minimum Gasteiger partial charge on any atom is -0.396 e. The summed E-state index contributed by atoms with van der Waals surface area (Å²) in [5.41, 5.74) is 0. The molecule has 0 aromatic rings. The van der Waals surface area contributed by atoms with Crippen molar-refractivity contribution in [3.05, 3.63) is 0 Å². The van der Waals surface area contributed by atoms with Gasteiger partial charge in [-0.2, -0.15) is 0 Å². The zero-order valence-corrected chi connectivity index (χ0v) is 12.4. The molecular weight excluding hydrogens is 250 g/mol. The van der Waals surface area contributed by atoms with E-state index in [-0.39, 0.29) is 18.3 Å². The fourth-order valence-corrected chi connectivity index (χ4v) is 3.88. The highest BCUT2D eigenvalue weighted by atomic mass is 32.2. The van der Waals surface area contributed by atoms with E-state index in [9.17, 15) is 13.5 Å². The number of hydrogen-bond donors (Lipinski definition) is 2. The minimum atomic E-state index is -3.14. The number of hydrogen-bond acceptors (Lipinski definition) is 3. The normalized spacial score (nSPS) is 25.6. The second-order valence-electron chi connectivity index (χ2n) is 5.84. The highest BCUT2D eigenvalue weighted by molar-refractivity contribution is 7.89. The third-order valence-corrected chi connectivity index (χ3v) is 5.21. The molecule has 0 aliphatic heterocycles. The first-order valence-corrected chi connectivity index (χ1v) is 8.68. The van der Waals surface area contributed by atoms with Crippen LogP contribution in [0.1, 0.15) is 46.0 Å². The first kappa shape index (κ1) is 15.9. The van der Waals surface area contributed by atoms with E-state index in [0.29, 0.717) is 24.8 Å². The van der Waals surface area contributed by atoms with Gasteiger partial charge in [0.05, 0.1) is 5.75 Å². The van der Waals surface area contributed by atoms with Crippen LogP contribution in [0.3, 0.4) is 0 Å². The molecule has 4 nitrogen and oxygen atoms in total. The van der Waals surface area contributed by atoms with Crippen LogP contribution in [-0.2, 0) is 10.0 Å². The van der Waals surface area contributed by atoms with E-state index in [0.717, 1.165) is 25.7 Å². The van der Waals surface area contributed by atoms with Gasteiger partial charge < -0.3 is 5.11 Å². The maximum absolute atomic E-state index is 11.8. The molecule has 0 radical (unpaired) electrons. The lowest BCUT2D eigenvalue weighted by atomic mass is 9.80. The number of rotatable bonds is 7. The van der Waals surface area contributed by atoms with Crippen LogP contribution in [0.25, 0.3) is 0 Å². The molecule has 0 saturated heterocycles. The summed E-state index contributed by atoms with van der Waals surface area (Å²) >= 11 is 0. The van der Waals surface area contributed by atoms with Crippen molar-refractivity contribution in [2.24, 2.45) is 17.8 Å². The predicted octanol–water partition coefficient (Wildman–Crippen LogP) is 1.75. The van der Waals surface area contributed by atoms with Crippen LogP contribution < -0.4 is 4.72 Å². The molecule has 2 unspecified atom stereocenters. The first-order valence-electron chi connectivity index (χ1n) is 7.03. The molecule has 1 aliphatic rings. The van der Waals surface area contributed by atoms with E-state index in [1.807, 2.05) is 13.8 Å². The highest BCUT2D eigenvalue weighted by Gasteiger charge is 2.25. The molecule has 0 aromatic heterocycles. The molecule has 1 fully saturated rings. The van der Waals surface area contributed by atoms with Crippen LogP contribution in [0.2, 0.25) is 0 Å². The Bertz CT molecular complexity index is 327. The van der Waals surface area contributed by atoms with Crippen LogP contribution in [0.5, 0.6) is 0 Å². The van der Waals surface area contributed by atoms with Crippen LogP contribution in [0.4, 0.5) is 0 Å². The second-order valence-corrected chi connectivity index (χ2v) is 7.76. The third kappa shape index (κ3) is 5.67. The Morgan fingerprint density at radius 1 is 1.22 bits per heavy atom. The average Bonchev–Trinajstić information content (AvgIpc) is 2.34. The number of nitrogens with one attached hydrogen (secondary N) is 1. The third-order valence-electron chi connectivity index (χ3n) is 3.83. The Morgan fingerprint density at radius 3 is 2.39 bits per heavy atom. The van der Waals surface area contributed by atoms with Crippen molar-refractivity contribution >= 4 is 10.0 Å². The molecule has 1 rings (SSSR count). The number of aliphatic hydroxyl groups excluding tert-OH is 1. The van der Waals surface area contributed by atoms with Crippen LogP contribution >= 0.6 is 0 Å². The van der Waals surface area contributed by atoms with Gasteiger partial charge in [-0.25, -0.2) is 13.1 Å². The van der Waals surface area contributed by atoms with Crippen molar-refractivity contribution in [2.75, 3.05) is 18.9 Å². The number of aliphatic hydroxyl groups is 1. The molecule has 18 heavy (non-hydrogen) atoms. The van der Waals surface area contributed by atoms with E-state index < -0.39 is 10.0 Å². The SMILES string of the molecule is CC(C)CCS(=O)(=O)NCC1CCCCC1CO. The molecule has 0 aromatic carbocycles. The second kappa shape index (κ2) is 7.46. The van der Waals surface area contributed by atoms with Crippen molar-refractivity contribution in [3.63, 3.8) is 0 Å². The molecule has 2 atom stereocenters. The molecular formula is C13H27NO3S. The van der Waals surface area contributed by atoms with E-state index in [1.54, 1.807) is 0 Å². The molecule has 0 bridgehead atoms. The Hall–Kier alpha value is -0.130. The van der Waals surface area contributed by atoms with Gasteiger partial charge in [-0.1, -0.05) is 26.7 Å². The van der Waals surface area contributed by atoms with E-state index >= 15 is 0 Å². The number of sulfonamides is 1. The zero-order chi connectivity index (χ0) is 13.6. The lowest BCUT2D eigenvalue weighted by molar-refractivity contribution is 0.136. The summed E-state index contributed by atoms with van der Waals surface area (Å²) in [6.45, 7) is 4.72. The van der Waals surface area contributed by atoms with Crippen molar-refractivity contribution < 1.29 is 13.5 Å². The van der Waals surface area contributed by atoms with E-state index in [4.69, 9.17) is 0 Å². The molecule has 0 spiro atoms. The molecule has 1 aliphatic carbocycles. The Kier molecular flexibility index (Phi) is 6.60. The lowest BCUT2D eigenvalue weighted by Gasteiger charge is -2.30. The van der Waals surface area contributed by atoms with Gasteiger partial charge in [0.15, 0.2) is 0 Å². The summed E-state index contributed by atoms with van der Waals surface area (Å²) in [6, 6.07) is 0. The highest BCUT2D eigenvalue weighted by Crippen LogP contribution is 2.29. The Morgan fingerprint density at radius 2 is 1.83 bits per heavy atom. The maximum atomic E-state index is 11.8. The van der Waals surface area contributed by atoms with Crippen LogP contribution in [-0.4, -0.2) is 32.4 Å². The quantitative estimate of drug-likeness (QED) is 0.745. The monoisotopic (exact) mass is 277 g/mol. The van der Waals surface area contributed by atoms with Crippen molar-refractivity contribution in [1.29, 1.82) is 0 Å². The largest absolute Gasteiger partial charge is 0.396 e. The summed E-state index contributed by atoms with van der Waals surface area (Å²) in [6.07, 6.45) is 5.05. The van der Waals surface area contributed by atoms with Crippen molar-refractivity contribution in [1.82, 2.24) is 4.72 Å². The van der Waals surface area contributed by atoms with Gasteiger partial charge in [0, 0.05) is 13.2 Å². The lowest BCUT2D eigenvalue weighted by Crippen LogP contribution is -2.36. The van der Waals surface area contributed by atoms with Gasteiger partial charge in [0.2, 0.25) is 10.0 Å². The molecule has 0 amide bonds. The molecule has 5 heteroatoms. The van der Waals surface area contributed by atoms with Gasteiger partial charge in [0.1, 0.15) is 0 Å². The topological polar surface area (TPSA) is 66.4 Å². The zero-order valence-electron chi connectivity index (χ0n) is 11.6. The predicted molar refractivity (Wildman–Crippen MR) is 73.8 cm³/mol. The van der Waals surface area contributed by atoms with Gasteiger partial charge in [-0.3, -0.25) is 0 Å². The molecule has 0 heterocycles. The molecule has 2 N–H and O–H groups in total. The van der Waals surface area contributed by atoms with E-state index in [1.165, 1.54) is 0 Å². The molecule has 108 valence electrons. The van der Waals surface area contributed by atoms with Gasteiger partial charge in [-0.15, -0.1) is 0 Å². The fourth-order valence-electron chi connectivity index (χ4n) is 2.49.